The van der Waals surface area contributed by atoms with Crippen LogP contribution in [0, 0.1) is 0 Å². The second kappa shape index (κ2) is 10.8. The summed E-state index contributed by atoms with van der Waals surface area (Å²) in [7, 11) is -3.85. The molecule has 0 spiro atoms. The Morgan fingerprint density at radius 1 is 1.00 bits per heavy atom. The fourth-order valence-electron chi connectivity index (χ4n) is 2.65. The van der Waals surface area contributed by atoms with E-state index in [-0.39, 0.29) is 10.7 Å². The lowest BCUT2D eigenvalue weighted by atomic mass is 10.1. The molecule has 13 heteroatoms. The molecule has 180 valence electrons. The standard InChI is InChI=1S/C19H18N4O3S.C2HF3O2/c20-19(21)14-7-3-8-15(11-14)23-18(24)12-22-27(25,26)17-10-4-6-13-5-1-2-9-16(13)17;3-2(4,5)1(6)7/h1-11,22H,12H2,(H3,20,21)(H,23,24);(H,6,7). The van der Waals surface area contributed by atoms with Gasteiger partial charge in [-0.25, -0.2) is 13.1 Å². The third kappa shape index (κ3) is 7.28. The van der Waals surface area contributed by atoms with Crippen LogP contribution in [0.25, 0.3) is 10.8 Å². The van der Waals surface area contributed by atoms with Crippen LogP contribution < -0.4 is 26.3 Å². The molecular formula is C21H19F3N4O5S. The van der Waals surface area contributed by atoms with Crippen molar-refractivity contribution in [2.24, 2.45) is 5.73 Å². The summed E-state index contributed by atoms with van der Waals surface area (Å²) in [5.74, 6) is -3.39. The van der Waals surface area contributed by atoms with Gasteiger partial charge in [0.25, 0.3) is 5.84 Å². The number of alkyl halides is 3. The highest BCUT2D eigenvalue weighted by atomic mass is 32.2. The number of hydrogen-bond acceptors (Lipinski definition) is 5. The lowest BCUT2D eigenvalue weighted by molar-refractivity contribution is -0.344. The number of aliphatic carboxylic acids is 1. The van der Waals surface area contributed by atoms with E-state index in [1.165, 1.54) is 6.07 Å². The van der Waals surface area contributed by atoms with E-state index in [0.717, 1.165) is 5.39 Å². The van der Waals surface area contributed by atoms with Crippen molar-refractivity contribution in [2.75, 3.05) is 11.9 Å². The monoisotopic (exact) mass is 496 g/mol. The Morgan fingerprint density at radius 3 is 2.21 bits per heavy atom. The zero-order valence-corrected chi connectivity index (χ0v) is 18.1. The number of carboxylic acids is 1. The first-order valence-electron chi connectivity index (χ1n) is 9.35. The number of nitrogens with two attached hydrogens (primary N) is 2. The first kappa shape index (κ1) is 26.3. The molecule has 1 amide bonds. The van der Waals surface area contributed by atoms with Gasteiger partial charge in [-0.05, 0) is 29.7 Å². The van der Waals surface area contributed by atoms with Gasteiger partial charge in [-0.2, -0.15) is 13.2 Å². The van der Waals surface area contributed by atoms with E-state index in [0.29, 0.717) is 16.6 Å². The summed E-state index contributed by atoms with van der Waals surface area (Å²) in [6.45, 7) is -0.405. The topological polar surface area (TPSA) is 167 Å². The van der Waals surface area contributed by atoms with Crippen molar-refractivity contribution in [1.82, 2.24) is 4.72 Å². The number of carbonyl (C=O) groups excluding carboxylic acids is 2. The molecule has 9 nitrogen and oxygen atoms in total. The Morgan fingerprint density at radius 2 is 1.59 bits per heavy atom. The highest BCUT2D eigenvalue weighted by Gasteiger charge is 2.28. The Balaban J connectivity index is 0.000000509. The highest BCUT2D eigenvalue weighted by molar-refractivity contribution is 7.89. The predicted octanol–water partition coefficient (Wildman–Crippen LogP) is -0.480. The van der Waals surface area contributed by atoms with E-state index < -0.39 is 34.6 Å². The van der Waals surface area contributed by atoms with Crippen molar-refractivity contribution in [3.63, 3.8) is 0 Å². The summed E-state index contributed by atoms with van der Waals surface area (Å²) in [4.78, 5) is 21.0. The smallest absolute Gasteiger partial charge is 0.430 e. The Bertz CT molecular complexity index is 1320. The number of carbonyl (C=O) groups is 2. The van der Waals surface area contributed by atoms with Crippen molar-refractivity contribution in [3.05, 3.63) is 72.3 Å². The molecule has 0 aliphatic carbocycles. The molecule has 34 heavy (non-hydrogen) atoms. The van der Waals surface area contributed by atoms with Crippen LogP contribution in [0.3, 0.4) is 0 Å². The summed E-state index contributed by atoms with van der Waals surface area (Å²) in [5, 5.41) is 18.3. The van der Waals surface area contributed by atoms with E-state index in [9.17, 15) is 26.4 Å². The van der Waals surface area contributed by atoms with Gasteiger partial charge in [0.1, 0.15) is 5.97 Å². The third-order valence-corrected chi connectivity index (χ3v) is 5.63. The van der Waals surface area contributed by atoms with Gasteiger partial charge in [-0.15, -0.1) is 0 Å². The molecule has 0 atom stereocenters. The molecule has 0 radical (unpaired) electrons. The first-order valence-corrected chi connectivity index (χ1v) is 10.8. The number of amides is 1. The van der Waals surface area contributed by atoms with Gasteiger partial charge in [0, 0.05) is 11.1 Å². The van der Waals surface area contributed by atoms with Crippen molar-refractivity contribution in [3.8, 4) is 0 Å². The molecule has 0 heterocycles. The summed E-state index contributed by atoms with van der Waals surface area (Å²) in [5.41, 5.74) is 6.57. The highest BCUT2D eigenvalue weighted by Crippen LogP contribution is 2.22. The number of benzene rings is 3. The van der Waals surface area contributed by atoms with Crippen LogP contribution in [0.5, 0.6) is 0 Å². The molecule has 3 rings (SSSR count). The van der Waals surface area contributed by atoms with Gasteiger partial charge in [0.15, 0.2) is 0 Å². The number of nitrogens with one attached hydrogen (secondary N) is 2. The lowest BCUT2D eigenvalue weighted by Crippen LogP contribution is -2.46. The van der Waals surface area contributed by atoms with Gasteiger partial charge in [-0.1, -0.05) is 42.5 Å². The second-order valence-electron chi connectivity index (χ2n) is 6.67. The van der Waals surface area contributed by atoms with Gasteiger partial charge in [-0.3, -0.25) is 15.9 Å². The SMILES string of the molecule is NC(=[NH2+])c1cccc(NC(=O)CNS(=O)(=O)c2cccc3ccccc23)c1.O=C([O-])C(F)(F)F. The maximum absolute atomic E-state index is 12.6. The summed E-state index contributed by atoms with van der Waals surface area (Å²) < 4.78 is 59.1. The Labute approximate surface area is 192 Å². The molecule has 3 aromatic carbocycles. The second-order valence-corrected chi connectivity index (χ2v) is 8.41. The number of rotatable bonds is 6. The van der Waals surface area contributed by atoms with Crippen LogP contribution in [0.15, 0.2) is 71.6 Å². The number of halogens is 3. The molecule has 0 saturated heterocycles. The third-order valence-electron chi connectivity index (χ3n) is 4.17. The maximum Gasteiger partial charge on any atom is 0.430 e. The first-order chi connectivity index (χ1) is 15.8. The molecular weight excluding hydrogens is 477 g/mol. The van der Waals surface area contributed by atoms with Gasteiger partial charge in [0.2, 0.25) is 15.9 Å². The van der Waals surface area contributed by atoms with Crippen LogP contribution in [0.2, 0.25) is 0 Å². The Hall–Kier alpha value is -3.97. The minimum Gasteiger partial charge on any atom is -0.542 e. The zero-order chi connectivity index (χ0) is 25.5. The van der Waals surface area contributed by atoms with Crippen LogP contribution in [0.1, 0.15) is 5.56 Å². The lowest BCUT2D eigenvalue weighted by Gasteiger charge is -2.10. The summed E-state index contributed by atoms with van der Waals surface area (Å²) >= 11 is 0. The molecule has 6 N–H and O–H groups in total. The largest absolute Gasteiger partial charge is 0.542 e. The summed E-state index contributed by atoms with van der Waals surface area (Å²) in [6, 6.07) is 18.8. The molecule has 0 unspecified atom stereocenters. The van der Waals surface area contributed by atoms with Crippen molar-refractivity contribution >= 4 is 44.2 Å². The van der Waals surface area contributed by atoms with E-state index in [4.69, 9.17) is 21.0 Å². The number of anilines is 1. The van der Waals surface area contributed by atoms with Gasteiger partial charge < -0.3 is 15.2 Å². The molecule has 0 aromatic heterocycles. The number of hydrogen-bond donors (Lipinski definition) is 4. The van der Waals surface area contributed by atoms with Crippen molar-refractivity contribution in [2.45, 2.75) is 11.1 Å². The summed E-state index contributed by atoms with van der Waals surface area (Å²) in [6.07, 6.45) is -5.19. The predicted molar refractivity (Wildman–Crippen MR) is 115 cm³/mol. The zero-order valence-electron chi connectivity index (χ0n) is 17.3. The van der Waals surface area contributed by atoms with E-state index in [1.807, 2.05) is 18.2 Å². The van der Waals surface area contributed by atoms with Crippen molar-refractivity contribution < 1.29 is 41.7 Å². The van der Waals surface area contributed by atoms with Gasteiger partial charge in [0.05, 0.1) is 17.0 Å². The van der Waals surface area contributed by atoms with Crippen LogP contribution in [-0.2, 0) is 19.6 Å². The minimum absolute atomic E-state index is 0.126. The number of fused-ring (bicyclic) bond motifs is 1. The molecule has 0 fully saturated rings. The number of carboxylic acid groups (broad SMARTS) is 1. The molecule has 0 aliphatic rings. The van der Waals surface area contributed by atoms with E-state index in [1.54, 1.807) is 42.5 Å². The minimum atomic E-state index is -5.19. The Kier molecular flexibility index (Phi) is 8.32. The fraction of sp³-hybridized carbons (Fsp3) is 0.0952. The average Bonchev–Trinajstić information content (AvgIpc) is 2.77. The number of amidine groups is 1. The van der Waals surface area contributed by atoms with Gasteiger partial charge >= 0.3 is 6.18 Å². The molecule has 0 saturated carbocycles. The van der Waals surface area contributed by atoms with E-state index in [2.05, 4.69) is 10.0 Å². The quantitative estimate of drug-likeness (QED) is 0.266. The maximum atomic E-state index is 12.6. The van der Waals surface area contributed by atoms with Crippen molar-refractivity contribution in [1.29, 1.82) is 0 Å². The normalized spacial score (nSPS) is 11.3. The van der Waals surface area contributed by atoms with E-state index >= 15 is 0 Å². The fourth-order valence-corrected chi connectivity index (χ4v) is 3.86. The average molecular weight is 496 g/mol. The molecule has 3 aromatic rings. The van der Waals surface area contributed by atoms with Crippen LogP contribution >= 0.6 is 0 Å². The van der Waals surface area contributed by atoms with Crippen LogP contribution in [-0.4, -0.2) is 38.9 Å². The number of sulfonamides is 1. The van der Waals surface area contributed by atoms with Crippen LogP contribution in [0.4, 0.5) is 18.9 Å². The molecule has 0 aliphatic heterocycles. The molecule has 0 bridgehead atoms.